The molecular weight excluding hydrogens is 296 g/mol. The zero-order chi connectivity index (χ0) is 13.0. The minimum atomic E-state index is -0.117. The van der Waals surface area contributed by atoms with E-state index in [1.807, 2.05) is 0 Å². The van der Waals surface area contributed by atoms with Crippen LogP contribution in [0.3, 0.4) is 0 Å². The van der Waals surface area contributed by atoms with Crippen molar-refractivity contribution in [1.82, 2.24) is 15.3 Å². The molecule has 1 aromatic heterocycles. The number of nitrogens with zero attached hydrogens (tertiary/aromatic N) is 2. The highest BCUT2D eigenvalue weighted by molar-refractivity contribution is 9.10. The van der Waals surface area contributed by atoms with E-state index >= 15 is 0 Å². The molecule has 6 heteroatoms. The van der Waals surface area contributed by atoms with Crippen molar-refractivity contribution in [2.45, 2.75) is 32.2 Å². The number of rotatable bonds is 3. The highest BCUT2D eigenvalue weighted by atomic mass is 79.9. The molecule has 1 amide bonds. The third kappa shape index (κ3) is 3.49. The summed E-state index contributed by atoms with van der Waals surface area (Å²) in [6.07, 6.45) is 6.29. The number of aromatic nitrogens is 2. The lowest BCUT2D eigenvalue weighted by Gasteiger charge is -2.28. The normalized spacial score (nSPS) is 23.7. The van der Waals surface area contributed by atoms with Gasteiger partial charge in [0.05, 0.1) is 18.4 Å². The molecule has 0 bridgehead atoms. The second kappa shape index (κ2) is 6.24. The standard InChI is InChI=1S/C12H17BrN4O/c1-2-8-3-4-14-9(5-8)12(18)17-11-7-15-10(13)6-16-11/h6-9,14H,2-5H2,1H3,(H,16,17,18). The van der Waals surface area contributed by atoms with Crippen LogP contribution < -0.4 is 10.6 Å². The van der Waals surface area contributed by atoms with E-state index in [2.05, 4.69) is 43.5 Å². The third-order valence-corrected chi connectivity index (χ3v) is 3.69. The van der Waals surface area contributed by atoms with Gasteiger partial charge in [0.25, 0.3) is 0 Å². The average molecular weight is 313 g/mol. The topological polar surface area (TPSA) is 66.9 Å². The number of carbonyl (C=O) groups is 1. The molecule has 0 radical (unpaired) electrons. The molecule has 1 aliphatic heterocycles. The molecular formula is C12H17BrN4O. The highest BCUT2D eigenvalue weighted by Crippen LogP contribution is 2.20. The summed E-state index contributed by atoms with van der Waals surface area (Å²) in [6, 6.07) is -0.117. The summed E-state index contributed by atoms with van der Waals surface area (Å²) in [4.78, 5) is 20.2. The first-order chi connectivity index (χ1) is 8.69. The van der Waals surface area contributed by atoms with Crippen molar-refractivity contribution in [2.24, 2.45) is 5.92 Å². The molecule has 0 saturated carbocycles. The van der Waals surface area contributed by atoms with Crippen molar-refractivity contribution in [3.63, 3.8) is 0 Å². The molecule has 18 heavy (non-hydrogen) atoms. The van der Waals surface area contributed by atoms with Crippen LogP contribution in [0.1, 0.15) is 26.2 Å². The molecule has 0 aromatic carbocycles. The zero-order valence-electron chi connectivity index (χ0n) is 10.3. The predicted molar refractivity (Wildman–Crippen MR) is 73.2 cm³/mol. The summed E-state index contributed by atoms with van der Waals surface area (Å²) < 4.78 is 0.655. The fourth-order valence-corrected chi connectivity index (χ4v) is 2.36. The maximum absolute atomic E-state index is 12.1. The lowest BCUT2D eigenvalue weighted by atomic mass is 9.90. The molecule has 2 atom stereocenters. The second-order valence-corrected chi connectivity index (χ2v) is 5.33. The molecule has 5 nitrogen and oxygen atoms in total. The second-order valence-electron chi connectivity index (χ2n) is 4.52. The Balaban J connectivity index is 1.93. The van der Waals surface area contributed by atoms with Crippen LogP contribution in [0, 0.1) is 5.92 Å². The molecule has 1 fully saturated rings. The molecule has 1 aliphatic rings. The Morgan fingerprint density at radius 2 is 2.39 bits per heavy atom. The molecule has 1 aromatic rings. The first-order valence-corrected chi connectivity index (χ1v) is 7.00. The van der Waals surface area contributed by atoms with Gasteiger partial charge < -0.3 is 10.6 Å². The van der Waals surface area contributed by atoms with Crippen LogP contribution >= 0.6 is 15.9 Å². The largest absolute Gasteiger partial charge is 0.308 e. The van der Waals surface area contributed by atoms with Gasteiger partial charge in [-0.2, -0.15) is 0 Å². The summed E-state index contributed by atoms with van der Waals surface area (Å²) in [6.45, 7) is 3.08. The first-order valence-electron chi connectivity index (χ1n) is 6.21. The fraction of sp³-hybridized carbons (Fsp3) is 0.583. The van der Waals surface area contributed by atoms with Gasteiger partial charge in [0, 0.05) is 0 Å². The van der Waals surface area contributed by atoms with E-state index in [0.29, 0.717) is 16.3 Å². The summed E-state index contributed by atoms with van der Waals surface area (Å²) >= 11 is 3.21. The lowest BCUT2D eigenvalue weighted by molar-refractivity contribution is -0.119. The minimum absolute atomic E-state index is 0.0234. The van der Waals surface area contributed by atoms with E-state index in [4.69, 9.17) is 0 Å². The van der Waals surface area contributed by atoms with Gasteiger partial charge in [0.15, 0.2) is 5.82 Å². The molecule has 98 valence electrons. The first kappa shape index (κ1) is 13.4. The maximum Gasteiger partial charge on any atom is 0.242 e. The zero-order valence-corrected chi connectivity index (χ0v) is 11.9. The highest BCUT2D eigenvalue weighted by Gasteiger charge is 2.26. The van der Waals surface area contributed by atoms with Crippen molar-refractivity contribution >= 4 is 27.7 Å². The van der Waals surface area contributed by atoms with E-state index in [1.54, 1.807) is 12.4 Å². The van der Waals surface area contributed by atoms with Gasteiger partial charge in [-0.3, -0.25) is 4.79 Å². The van der Waals surface area contributed by atoms with E-state index in [0.717, 1.165) is 25.8 Å². The predicted octanol–water partition coefficient (Wildman–Crippen LogP) is 1.96. The Bertz CT molecular complexity index is 409. The molecule has 0 spiro atoms. The lowest BCUT2D eigenvalue weighted by Crippen LogP contribution is -2.46. The van der Waals surface area contributed by atoms with Crippen LogP contribution in [0.15, 0.2) is 17.0 Å². The number of hydrogen-bond donors (Lipinski definition) is 2. The van der Waals surface area contributed by atoms with Crippen molar-refractivity contribution in [2.75, 3.05) is 11.9 Å². The van der Waals surface area contributed by atoms with Crippen LogP contribution in [0.25, 0.3) is 0 Å². The smallest absolute Gasteiger partial charge is 0.242 e. The van der Waals surface area contributed by atoms with Crippen molar-refractivity contribution in [3.8, 4) is 0 Å². The number of anilines is 1. The molecule has 2 N–H and O–H groups in total. The monoisotopic (exact) mass is 312 g/mol. The van der Waals surface area contributed by atoms with E-state index in [-0.39, 0.29) is 11.9 Å². The average Bonchev–Trinajstić information content (AvgIpc) is 2.41. The quantitative estimate of drug-likeness (QED) is 0.895. The number of nitrogens with one attached hydrogen (secondary N) is 2. The Morgan fingerprint density at radius 3 is 3.06 bits per heavy atom. The Morgan fingerprint density at radius 1 is 1.56 bits per heavy atom. The van der Waals surface area contributed by atoms with Gasteiger partial charge in [-0.1, -0.05) is 13.3 Å². The Hall–Kier alpha value is -1.01. The van der Waals surface area contributed by atoms with Gasteiger partial charge in [-0.15, -0.1) is 0 Å². The van der Waals surface area contributed by atoms with Gasteiger partial charge in [0.1, 0.15) is 4.60 Å². The number of hydrogen-bond acceptors (Lipinski definition) is 4. The number of piperidine rings is 1. The number of halogens is 1. The van der Waals surface area contributed by atoms with Crippen LogP contribution in [-0.2, 0) is 4.79 Å². The molecule has 2 heterocycles. The summed E-state index contributed by atoms with van der Waals surface area (Å²) in [5.74, 6) is 1.10. The fourth-order valence-electron chi connectivity index (χ4n) is 2.16. The minimum Gasteiger partial charge on any atom is -0.308 e. The van der Waals surface area contributed by atoms with E-state index in [1.165, 1.54) is 0 Å². The molecule has 1 saturated heterocycles. The van der Waals surface area contributed by atoms with Gasteiger partial charge in [-0.05, 0) is 41.2 Å². The Labute approximate surface area is 115 Å². The van der Waals surface area contributed by atoms with E-state index < -0.39 is 0 Å². The van der Waals surface area contributed by atoms with Crippen LogP contribution in [0.5, 0.6) is 0 Å². The molecule has 0 aliphatic carbocycles. The van der Waals surface area contributed by atoms with Gasteiger partial charge in [-0.25, -0.2) is 9.97 Å². The van der Waals surface area contributed by atoms with Crippen LogP contribution in [0.4, 0.5) is 5.82 Å². The van der Waals surface area contributed by atoms with Crippen molar-refractivity contribution in [3.05, 3.63) is 17.0 Å². The Kier molecular flexibility index (Phi) is 4.66. The van der Waals surface area contributed by atoms with Gasteiger partial charge in [0.2, 0.25) is 5.91 Å². The summed E-state index contributed by atoms with van der Waals surface area (Å²) in [5.41, 5.74) is 0. The maximum atomic E-state index is 12.1. The number of carbonyl (C=O) groups excluding carboxylic acids is 1. The van der Waals surface area contributed by atoms with Crippen LogP contribution in [-0.4, -0.2) is 28.5 Å². The van der Waals surface area contributed by atoms with Crippen LogP contribution in [0.2, 0.25) is 0 Å². The van der Waals surface area contributed by atoms with Crippen molar-refractivity contribution in [1.29, 1.82) is 0 Å². The van der Waals surface area contributed by atoms with E-state index in [9.17, 15) is 4.79 Å². The third-order valence-electron chi connectivity index (χ3n) is 3.28. The summed E-state index contributed by atoms with van der Waals surface area (Å²) in [5, 5.41) is 6.03. The summed E-state index contributed by atoms with van der Waals surface area (Å²) in [7, 11) is 0. The van der Waals surface area contributed by atoms with Crippen molar-refractivity contribution < 1.29 is 4.79 Å². The SMILES string of the molecule is CCC1CCNC(C(=O)Nc2cnc(Br)cn2)C1. The number of amides is 1. The molecule has 2 unspecified atom stereocenters. The molecule has 2 rings (SSSR count). The van der Waals surface area contributed by atoms with Gasteiger partial charge >= 0.3 is 0 Å².